The van der Waals surface area contributed by atoms with E-state index in [1.807, 2.05) is 30.3 Å². The zero-order valence-electron chi connectivity index (χ0n) is 11.7. The van der Waals surface area contributed by atoms with Crippen LogP contribution >= 0.6 is 0 Å². The first-order valence-electron chi connectivity index (χ1n) is 6.15. The molecule has 1 N–H and O–H groups in total. The molecule has 103 valence electrons. The second-order valence-corrected chi connectivity index (χ2v) is 4.24. The molecule has 2 aromatic rings. The van der Waals surface area contributed by atoms with Gasteiger partial charge in [-0.3, -0.25) is 4.79 Å². The number of nitrogens with one attached hydrogen (secondary N) is 1. The van der Waals surface area contributed by atoms with Gasteiger partial charge in [0.25, 0.3) is 0 Å². The smallest absolute Gasteiger partial charge is 0.221 e. The molecule has 0 unspecified atom stereocenters. The van der Waals surface area contributed by atoms with E-state index in [0.717, 1.165) is 16.9 Å². The van der Waals surface area contributed by atoms with Crippen molar-refractivity contribution >= 4 is 11.6 Å². The van der Waals surface area contributed by atoms with E-state index < -0.39 is 0 Å². The summed E-state index contributed by atoms with van der Waals surface area (Å²) < 4.78 is 10.6. The standard InChI is InChI=1S/C16H16NO3/c1-11(18)17-13-6-4-5-12(9-13)15-8-7-14(19-2)10-16(15)20-3/h4-5,7-10H,1-3H3,(H,17,18). The van der Waals surface area contributed by atoms with Gasteiger partial charge in [-0.05, 0) is 23.8 Å². The third-order valence-electron chi connectivity index (χ3n) is 2.83. The fourth-order valence-electron chi connectivity index (χ4n) is 1.93. The summed E-state index contributed by atoms with van der Waals surface area (Å²) in [5.41, 5.74) is 2.49. The van der Waals surface area contributed by atoms with Crippen LogP contribution in [-0.4, -0.2) is 20.1 Å². The van der Waals surface area contributed by atoms with Gasteiger partial charge < -0.3 is 14.8 Å². The highest BCUT2D eigenvalue weighted by Crippen LogP contribution is 2.34. The Morgan fingerprint density at radius 3 is 2.60 bits per heavy atom. The molecule has 1 amide bonds. The molecule has 0 aliphatic rings. The molecule has 0 aromatic heterocycles. The highest BCUT2D eigenvalue weighted by Gasteiger charge is 2.08. The topological polar surface area (TPSA) is 47.6 Å². The van der Waals surface area contributed by atoms with Crippen LogP contribution in [0.3, 0.4) is 0 Å². The minimum atomic E-state index is -0.125. The SMILES string of the molecule is COc1ccc(-c2cc[c]c(NC(C)=O)c2)c(OC)c1. The molecule has 4 heteroatoms. The molecule has 0 saturated carbocycles. The van der Waals surface area contributed by atoms with Crippen molar-refractivity contribution in [3.8, 4) is 22.6 Å². The number of amides is 1. The molecule has 0 saturated heterocycles. The minimum absolute atomic E-state index is 0.125. The molecule has 2 aromatic carbocycles. The number of hydrogen-bond donors (Lipinski definition) is 1. The van der Waals surface area contributed by atoms with Crippen molar-refractivity contribution in [1.82, 2.24) is 0 Å². The molecular formula is C16H16NO3. The van der Waals surface area contributed by atoms with Gasteiger partial charge in [-0.15, -0.1) is 0 Å². The quantitative estimate of drug-likeness (QED) is 0.928. The van der Waals surface area contributed by atoms with Crippen LogP contribution in [0.1, 0.15) is 6.92 Å². The Kier molecular flexibility index (Phi) is 4.25. The normalized spacial score (nSPS) is 9.95. The number of hydrogen-bond acceptors (Lipinski definition) is 3. The van der Waals surface area contributed by atoms with Gasteiger partial charge in [-0.2, -0.15) is 0 Å². The van der Waals surface area contributed by atoms with E-state index in [1.54, 1.807) is 20.3 Å². The summed E-state index contributed by atoms with van der Waals surface area (Å²) in [4.78, 5) is 11.1. The number of rotatable bonds is 4. The number of methoxy groups -OCH3 is 2. The second-order valence-electron chi connectivity index (χ2n) is 4.24. The summed E-state index contributed by atoms with van der Waals surface area (Å²) in [7, 11) is 3.23. The monoisotopic (exact) mass is 270 g/mol. The fourth-order valence-corrected chi connectivity index (χ4v) is 1.93. The van der Waals surface area contributed by atoms with E-state index in [4.69, 9.17) is 9.47 Å². The predicted octanol–water partition coefficient (Wildman–Crippen LogP) is 3.13. The van der Waals surface area contributed by atoms with Gasteiger partial charge in [-0.25, -0.2) is 0 Å². The third-order valence-corrected chi connectivity index (χ3v) is 2.83. The van der Waals surface area contributed by atoms with Crippen molar-refractivity contribution in [3.63, 3.8) is 0 Å². The highest BCUT2D eigenvalue weighted by molar-refractivity contribution is 5.89. The van der Waals surface area contributed by atoms with E-state index in [0.29, 0.717) is 11.4 Å². The highest BCUT2D eigenvalue weighted by atomic mass is 16.5. The van der Waals surface area contributed by atoms with E-state index in [-0.39, 0.29) is 5.91 Å². The van der Waals surface area contributed by atoms with E-state index in [1.165, 1.54) is 6.92 Å². The summed E-state index contributed by atoms with van der Waals surface area (Å²) in [5, 5.41) is 2.71. The first kappa shape index (κ1) is 13.9. The predicted molar refractivity (Wildman–Crippen MR) is 78.1 cm³/mol. The molecule has 0 heterocycles. The van der Waals surface area contributed by atoms with Gasteiger partial charge in [0.15, 0.2) is 0 Å². The van der Waals surface area contributed by atoms with E-state index >= 15 is 0 Å². The fraction of sp³-hybridized carbons (Fsp3) is 0.188. The molecule has 0 aliphatic heterocycles. The Balaban J connectivity index is 2.42. The average molecular weight is 270 g/mol. The Bertz CT molecular complexity index is 623. The van der Waals surface area contributed by atoms with Crippen LogP contribution in [-0.2, 0) is 4.79 Å². The molecule has 0 bridgehead atoms. The Morgan fingerprint density at radius 1 is 1.15 bits per heavy atom. The van der Waals surface area contributed by atoms with Crippen LogP contribution in [0.25, 0.3) is 11.1 Å². The van der Waals surface area contributed by atoms with Crippen molar-refractivity contribution in [2.75, 3.05) is 19.5 Å². The molecule has 0 aliphatic carbocycles. The number of ether oxygens (including phenoxy) is 2. The lowest BCUT2D eigenvalue weighted by molar-refractivity contribution is -0.114. The van der Waals surface area contributed by atoms with Crippen molar-refractivity contribution in [2.45, 2.75) is 6.92 Å². The first-order valence-corrected chi connectivity index (χ1v) is 6.15. The van der Waals surface area contributed by atoms with E-state index in [2.05, 4.69) is 11.4 Å². The van der Waals surface area contributed by atoms with Crippen molar-refractivity contribution in [3.05, 3.63) is 42.5 Å². The summed E-state index contributed by atoms with van der Waals surface area (Å²) in [6, 6.07) is 14.1. The second kappa shape index (κ2) is 6.10. The summed E-state index contributed by atoms with van der Waals surface area (Å²) in [5.74, 6) is 1.32. The summed E-state index contributed by atoms with van der Waals surface area (Å²) in [6.07, 6.45) is 0. The van der Waals surface area contributed by atoms with Gasteiger partial charge in [0, 0.05) is 30.3 Å². The third kappa shape index (κ3) is 3.09. The number of carbonyl (C=O) groups is 1. The van der Waals surface area contributed by atoms with Gasteiger partial charge in [0.05, 0.1) is 14.2 Å². The van der Waals surface area contributed by atoms with Crippen molar-refractivity contribution in [1.29, 1.82) is 0 Å². The Labute approximate surface area is 118 Å². The largest absolute Gasteiger partial charge is 0.497 e. The number of anilines is 1. The van der Waals surface area contributed by atoms with Gasteiger partial charge in [0.2, 0.25) is 5.91 Å². The number of benzene rings is 2. The van der Waals surface area contributed by atoms with Crippen LogP contribution in [0.5, 0.6) is 11.5 Å². The zero-order valence-corrected chi connectivity index (χ0v) is 11.7. The first-order chi connectivity index (χ1) is 9.63. The van der Waals surface area contributed by atoms with E-state index in [9.17, 15) is 4.79 Å². The van der Waals surface area contributed by atoms with Gasteiger partial charge in [-0.1, -0.05) is 12.1 Å². The summed E-state index contributed by atoms with van der Waals surface area (Å²) >= 11 is 0. The lowest BCUT2D eigenvalue weighted by Gasteiger charge is -2.11. The van der Waals surface area contributed by atoms with Crippen LogP contribution in [0.15, 0.2) is 36.4 Å². The maximum absolute atomic E-state index is 11.1. The van der Waals surface area contributed by atoms with Crippen molar-refractivity contribution in [2.24, 2.45) is 0 Å². The van der Waals surface area contributed by atoms with Crippen LogP contribution in [0.4, 0.5) is 5.69 Å². The minimum Gasteiger partial charge on any atom is -0.497 e. The molecule has 0 atom stereocenters. The zero-order chi connectivity index (χ0) is 14.5. The molecule has 4 nitrogen and oxygen atoms in total. The molecule has 0 fully saturated rings. The average Bonchev–Trinajstić information content (AvgIpc) is 2.46. The molecule has 0 spiro atoms. The van der Waals surface area contributed by atoms with Crippen molar-refractivity contribution < 1.29 is 14.3 Å². The van der Waals surface area contributed by atoms with Gasteiger partial charge >= 0.3 is 0 Å². The molecule has 20 heavy (non-hydrogen) atoms. The number of carbonyl (C=O) groups excluding carboxylic acids is 1. The lowest BCUT2D eigenvalue weighted by atomic mass is 10.0. The molecule has 2 rings (SSSR count). The van der Waals surface area contributed by atoms with Crippen LogP contribution < -0.4 is 14.8 Å². The molecule has 1 radical (unpaired) electrons. The lowest BCUT2D eigenvalue weighted by Crippen LogP contribution is -2.05. The maximum atomic E-state index is 11.1. The van der Waals surface area contributed by atoms with Gasteiger partial charge in [0.1, 0.15) is 11.5 Å². The Morgan fingerprint density at radius 2 is 1.95 bits per heavy atom. The van der Waals surface area contributed by atoms with Crippen LogP contribution in [0, 0.1) is 6.07 Å². The van der Waals surface area contributed by atoms with Crippen LogP contribution in [0.2, 0.25) is 0 Å². The molecular weight excluding hydrogens is 254 g/mol. The maximum Gasteiger partial charge on any atom is 0.221 e. The Hall–Kier alpha value is -2.49. The summed E-state index contributed by atoms with van der Waals surface area (Å²) in [6.45, 7) is 1.47.